The highest BCUT2D eigenvalue weighted by Gasteiger charge is 2.07. The minimum Gasteiger partial charge on any atom is -0.256 e. The first-order valence-corrected chi connectivity index (χ1v) is 10.6. The van der Waals surface area contributed by atoms with Crippen LogP contribution in [0.4, 0.5) is 4.39 Å². The van der Waals surface area contributed by atoms with Crippen molar-refractivity contribution in [3.05, 3.63) is 77.7 Å². The van der Waals surface area contributed by atoms with Crippen molar-refractivity contribution in [3.63, 3.8) is 0 Å². The summed E-state index contributed by atoms with van der Waals surface area (Å²) in [4.78, 5) is 4.57. The van der Waals surface area contributed by atoms with Crippen LogP contribution in [0.3, 0.4) is 0 Å². The Kier molecular flexibility index (Phi) is 7.36. The van der Waals surface area contributed by atoms with Crippen LogP contribution in [0, 0.1) is 5.82 Å². The van der Waals surface area contributed by atoms with Crippen molar-refractivity contribution >= 4 is 0 Å². The summed E-state index contributed by atoms with van der Waals surface area (Å²) >= 11 is 0. The maximum atomic E-state index is 14.6. The van der Waals surface area contributed by atoms with E-state index in [-0.39, 0.29) is 5.82 Å². The molecule has 0 atom stereocenters. The van der Waals surface area contributed by atoms with Gasteiger partial charge in [-0.05, 0) is 48.1 Å². The minimum absolute atomic E-state index is 0.136. The van der Waals surface area contributed by atoms with Crippen molar-refractivity contribution in [1.82, 2.24) is 4.98 Å². The zero-order valence-electron chi connectivity index (χ0n) is 17.0. The van der Waals surface area contributed by atoms with Gasteiger partial charge in [0.2, 0.25) is 0 Å². The van der Waals surface area contributed by atoms with Crippen LogP contribution in [-0.4, -0.2) is 4.98 Å². The van der Waals surface area contributed by atoms with Gasteiger partial charge in [-0.1, -0.05) is 82.0 Å². The third kappa shape index (κ3) is 5.28. The average Bonchev–Trinajstić information content (AvgIpc) is 2.72. The Morgan fingerprint density at radius 3 is 2.11 bits per heavy atom. The lowest BCUT2D eigenvalue weighted by atomic mass is 9.99. The highest BCUT2D eigenvalue weighted by atomic mass is 19.1. The van der Waals surface area contributed by atoms with Gasteiger partial charge in [-0.3, -0.25) is 4.98 Å². The van der Waals surface area contributed by atoms with Gasteiger partial charge in [0.05, 0.1) is 5.69 Å². The Morgan fingerprint density at radius 2 is 1.46 bits per heavy atom. The lowest BCUT2D eigenvalue weighted by Gasteiger charge is -2.08. The summed E-state index contributed by atoms with van der Waals surface area (Å²) in [6.07, 6.45) is 9.91. The van der Waals surface area contributed by atoms with Gasteiger partial charge in [0.1, 0.15) is 5.82 Å². The lowest BCUT2D eigenvalue weighted by Crippen LogP contribution is -1.91. The smallest absolute Gasteiger partial charge is 0.131 e. The molecule has 28 heavy (non-hydrogen) atoms. The van der Waals surface area contributed by atoms with Gasteiger partial charge in [-0.15, -0.1) is 0 Å². The molecule has 1 heterocycles. The summed E-state index contributed by atoms with van der Waals surface area (Å²) in [5.74, 6) is -0.136. The van der Waals surface area contributed by atoms with E-state index in [9.17, 15) is 4.39 Å². The van der Waals surface area contributed by atoms with Crippen LogP contribution in [0.1, 0.15) is 57.1 Å². The van der Waals surface area contributed by atoms with Crippen molar-refractivity contribution in [2.24, 2.45) is 0 Å². The van der Waals surface area contributed by atoms with Crippen LogP contribution >= 0.6 is 0 Å². The minimum atomic E-state index is -0.136. The largest absolute Gasteiger partial charge is 0.256 e. The predicted molar refractivity (Wildman–Crippen MR) is 117 cm³/mol. The number of unbranched alkanes of at least 4 members (excludes halogenated alkanes) is 3. The fraction of sp³-hybridized carbons (Fsp3) is 0.346. The van der Waals surface area contributed by atoms with E-state index in [0.717, 1.165) is 48.1 Å². The molecule has 0 amide bonds. The molecule has 3 aromatic rings. The van der Waals surface area contributed by atoms with Gasteiger partial charge >= 0.3 is 0 Å². The highest BCUT2D eigenvalue weighted by Crippen LogP contribution is 2.27. The number of pyridine rings is 1. The first-order valence-electron chi connectivity index (χ1n) is 10.6. The van der Waals surface area contributed by atoms with Gasteiger partial charge in [0, 0.05) is 17.3 Å². The number of benzene rings is 2. The fourth-order valence-corrected chi connectivity index (χ4v) is 3.56. The summed E-state index contributed by atoms with van der Waals surface area (Å²) in [6.45, 7) is 4.38. The Hall–Kier alpha value is -2.48. The second-order valence-electron chi connectivity index (χ2n) is 7.50. The molecule has 0 spiro atoms. The lowest BCUT2D eigenvalue weighted by molar-refractivity contribution is 0.624. The molecule has 0 unspecified atom stereocenters. The number of halogens is 1. The van der Waals surface area contributed by atoms with Crippen molar-refractivity contribution in [2.45, 2.75) is 58.8 Å². The maximum Gasteiger partial charge on any atom is 0.131 e. The van der Waals surface area contributed by atoms with E-state index in [1.54, 1.807) is 6.07 Å². The van der Waals surface area contributed by atoms with Crippen LogP contribution < -0.4 is 0 Å². The molecule has 0 saturated heterocycles. The molecule has 0 aliphatic rings. The topological polar surface area (TPSA) is 12.9 Å². The maximum absolute atomic E-state index is 14.6. The number of rotatable bonds is 9. The van der Waals surface area contributed by atoms with Gasteiger partial charge in [-0.2, -0.15) is 0 Å². The molecular formula is C26H30FN. The third-order valence-electron chi connectivity index (χ3n) is 5.21. The molecule has 0 aliphatic heterocycles. The molecular weight excluding hydrogens is 345 g/mol. The van der Waals surface area contributed by atoms with Crippen LogP contribution in [-0.2, 0) is 12.8 Å². The van der Waals surface area contributed by atoms with Crippen LogP contribution in [0.5, 0.6) is 0 Å². The van der Waals surface area contributed by atoms with Crippen LogP contribution in [0.25, 0.3) is 22.4 Å². The van der Waals surface area contributed by atoms with E-state index < -0.39 is 0 Å². The second-order valence-corrected chi connectivity index (χ2v) is 7.50. The van der Waals surface area contributed by atoms with Gasteiger partial charge in [0.15, 0.2) is 0 Å². The first kappa shape index (κ1) is 20.3. The molecule has 0 aliphatic carbocycles. The zero-order valence-corrected chi connectivity index (χ0v) is 17.0. The van der Waals surface area contributed by atoms with E-state index in [0.29, 0.717) is 5.56 Å². The molecule has 2 aromatic carbocycles. The molecule has 146 valence electrons. The number of aromatic nitrogens is 1. The molecule has 0 N–H and O–H groups in total. The van der Waals surface area contributed by atoms with Gasteiger partial charge in [-0.25, -0.2) is 4.39 Å². The Labute approximate surface area is 168 Å². The summed E-state index contributed by atoms with van der Waals surface area (Å²) in [6, 6.07) is 17.9. The molecule has 0 saturated carbocycles. The number of nitrogens with zero attached hydrogens (tertiary/aromatic N) is 1. The monoisotopic (exact) mass is 375 g/mol. The quantitative estimate of drug-likeness (QED) is 0.350. The second kappa shape index (κ2) is 10.2. The normalized spacial score (nSPS) is 11.0. The summed E-state index contributed by atoms with van der Waals surface area (Å²) < 4.78 is 14.6. The molecule has 1 aromatic heterocycles. The highest BCUT2D eigenvalue weighted by molar-refractivity contribution is 5.69. The van der Waals surface area contributed by atoms with Crippen LogP contribution in [0.2, 0.25) is 0 Å². The summed E-state index contributed by atoms with van der Waals surface area (Å²) in [5, 5.41) is 0. The standard InChI is InChI=1S/C26H30FN/c1-3-5-6-7-9-20-10-16-24(25(27)18-20)22-12-14-23(15-13-22)26-17-11-21(8-4-2)19-28-26/h10-19H,3-9H2,1-2H3. The van der Waals surface area contributed by atoms with E-state index in [2.05, 4.69) is 37.0 Å². The SMILES string of the molecule is CCCCCCc1ccc(-c2ccc(-c3ccc(CCC)cn3)cc2)c(F)c1. The van der Waals surface area contributed by atoms with E-state index in [1.165, 1.54) is 24.8 Å². The Morgan fingerprint density at radius 1 is 0.714 bits per heavy atom. The summed E-state index contributed by atoms with van der Waals surface area (Å²) in [5.41, 5.74) is 5.93. The molecule has 0 fully saturated rings. The first-order chi connectivity index (χ1) is 13.7. The molecule has 2 heteroatoms. The van der Waals surface area contributed by atoms with Crippen molar-refractivity contribution in [3.8, 4) is 22.4 Å². The zero-order chi connectivity index (χ0) is 19.8. The third-order valence-corrected chi connectivity index (χ3v) is 5.21. The average molecular weight is 376 g/mol. The van der Waals surface area contributed by atoms with E-state index in [1.807, 2.05) is 36.5 Å². The Balaban J connectivity index is 1.70. The van der Waals surface area contributed by atoms with Crippen molar-refractivity contribution in [2.75, 3.05) is 0 Å². The number of hydrogen-bond acceptors (Lipinski definition) is 1. The van der Waals surface area contributed by atoms with Crippen LogP contribution in [0.15, 0.2) is 60.8 Å². The van der Waals surface area contributed by atoms with Gasteiger partial charge < -0.3 is 0 Å². The fourth-order valence-electron chi connectivity index (χ4n) is 3.56. The molecule has 1 nitrogen and oxygen atoms in total. The number of hydrogen-bond donors (Lipinski definition) is 0. The molecule has 0 bridgehead atoms. The number of aryl methyl sites for hydroxylation is 2. The van der Waals surface area contributed by atoms with E-state index in [4.69, 9.17) is 0 Å². The van der Waals surface area contributed by atoms with Crippen molar-refractivity contribution < 1.29 is 4.39 Å². The predicted octanol–water partition coefficient (Wildman–Crippen LogP) is 7.63. The molecule has 0 radical (unpaired) electrons. The van der Waals surface area contributed by atoms with E-state index >= 15 is 0 Å². The van der Waals surface area contributed by atoms with Crippen molar-refractivity contribution in [1.29, 1.82) is 0 Å². The molecule has 3 rings (SSSR count). The Bertz CT molecular complexity index is 866. The van der Waals surface area contributed by atoms with Gasteiger partial charge in [0.25, 0.3) is 0 Å². The summed E-state index contributed by atoms with van der Waals surface area (Å²) in [7, 11) is 0.